The molecule has 2 heteroatoms. The summed E-state index contributed by atoms with van der Waals surface area (Å²) in [7, 11) is 0. The van der Waals surface area contributed by atoms with Gasteiger partial charge >= 0.3 is 0 Å². The number of anilines is 3. The van der Waals surface area contributed by atoms with Gasteiger partial charge in [0, 0.05) is 42.3 Å². The summed E-state index contributed by atoms with van der Waals surface area (Å²) in [6.45, 7) is 0. The summed E-state index contributed by atoms with van der Waals surface area (Å²) in [5, 5.41) is 5.18. The minimum atomic E-state index is 1.13. The average Bonchev–Trinajstić information content (AvgIpc) is 3.46. The summed E-state index contributed by atoms with van der Waals surface area (Å²) in [5.41, 5.74) is 8.28. The Bertz CT molecular complexity index is 2180. The molecule has 0 saturated heterocycles. The lowest BCUT2D eigenvalue weighted by Crippen LogP contribution is -2.10. The Hall–Kier alpha value is -5.18. The van der Waals surface area contributed by atoms with Gasteiger partial charge in [0.05, 0.1) is 5.69 Å². The second kappa shape index (κ2) is 10.3. The largest absolute Gasteiger partial charge is 0.310 e. The smallest absolute Gasteiger partial charge is 0.0540 e. The molecule has 0 unspecified atom stereocenters. The highest BCUT2D eigenvalue weighted by Gasteiger charge is 2.18. The molecule has 0 spiro atoms. The number of fused-ring (bicyclic) bond motifs is 5. The highest BCUT2D eigenvalue weighted by Crippen LogP contribution is 2.44. The normalized spacial score (nSPS) is 11.3. The summed E-state index contributed by atoms with van der Waals surface area (Å²) < 4.78 is 2.67. The SMILES string of the molecule is c1ccc(-c2ccc(N(c3cccc(-c4ccccc4)c3)c3cccc4c3ccc3c5ccccc5sc43)cc2)cc1. The van der Waals surface area contributed by atoms with E-state index in [1.807, 2.05) is 11.3 Å². The highest BCUT2D eigenvalue weighted by molar-refractivity contribution is 7.26. The quantitative estimate of drug-likeness (QED) is 0.205. The Morgan fingerprint density at radius 1 is 0.357 bits per heavy atom. The molecule has 0 aliphatic heterocycles. The van der Waals surface area contributed by atoms with Crippen LogP contribution >= 0.6 is 11.3 Å². The van der Waals surface area contributed by atoms with E-state index in [0.717, 1.165) is 11.4 Å². The first-order valence-electron chi connectivity index (χ1n) is 14.3. The van der Waals surface area contributed by atoms with Crippen LogP contribution in [0.5, 0.6) is 0 Å². The molecular weight excluding hydrogens is 527 g/mol. The molecule has 0 N–H and O–H groups in total. The minimum absolute atomic E-state index is 1.13. The predicted molar refractivity (Wildman–Crippen MR) is 182 cm³/mol. The molecule has 8 aromatic rings. The Morgan fingerprint density at radius 3 is 1.71 bits per heavy atom. The maximum atomic E-state index is 2.41. The number of benzene rings is 7. The van der Waals surface area contributed by atoms with Crippen molar-refractivity contribution in [2.75, 3.05) is 4.90 Å². The summed E-state index contributed by atoms with van der Waals surface area (Å²) in [6.07, 6.45) is 0. The van der Waals surface area contributed by atoms with E-state index in [1.54, 1.807) is 0 Å². The van der Waals surface area contributed by atoms with Crippen molar-refractivity contribution < 1.29 is 0 Å². The average molecular weight is 554 g/mol. The van der Waals surface area contributed by atoms with E-state index in [9.17, 15) is 0 Å². The topological polar surface area (TPSA) is 3.24 Å². The Kier molecular flexibility index (Phi) is 6.05. The third-order valence-corrected chi connectivity index (χ3v) is 9.28. The van der Waals surface area contributed by atoms with Crippen molar-refractivity contribution in [3.8, 4) is 22.3 Å². The number of hydrogen-bond acceptors (Lipinski definition) is 2. The van der Waals surface area contributed by atoms with Gasteiger partial charge in [0.2, 0.25) is 0 Å². The Morgan fingerprint density at radius 2 is 0.929 bits per heavy atom. The first-order chi connectivity index (χ1) is 20.8. The van der Waals surface area contributed by atoms with Gasteiger partial charge in [-0.2, -0.15) is 0 Å². The molecule has 0 saturated carbocycles. The maximum Gasteiger partial charge on any atom is 0.0540 e. The van der Waals surface area contributed by atoms with Crippen LogP contribution in [0.25, 0.3) is 53.2 Å². The fourth-order valence-corrected chi connectivity index (χ4v) is 7.27. The molecule has 8 rings (SSSR count). The third-order valence-electron chi connectivity index (χ3n) is 8.06. The number of thiophene rings is 1. The molecule has 0 aliphatic carbocycles. The van der Waals surface area contributed by atoms with Crippen LogP contribution in [0.2, 0.25) is 0 Å². The van der Waals surface area contributed by atoms with Gasteiger partial charge in [0.25, 0.3) is 0 Å². The molecule has 0 radical (unpaired) electrons. The number of rotatable bonds is 5. The lowest BCUT2D eigenvalue weighted by Gasteiger charge is -2.27. The van der Waals surface area contributed by atoms with Crippen LogP contribution in [0.15, 0.2) is 164 Å². The summed E-state index contributed by atoms with van der Waals surface area (Å²) in [4.78, 5) is 2.41. The zero-order valence-electron chi connectivity index (χ0n) is 22.9. The first kappa shape index (κ1) is 24.6. The van der Waals surface area contributed by atoms with Gasteiger partial charge in [-0.25, -0.2) is 0 Å². The zero-order chi connectivity index (χ0) is 27.9. The van der Waals surface area contributed by atoms with Crippen molar-refractivity contribution in [1.29, 1.82) is 0 Å². The zero-order valence-corrected chi connectivity index (χ0v) is 23.8. The van der Waals surface area contributed by atoms with E-state index in [2.05, 4.69) is 169 Å². The minimum Gasteiger partial charge on any atom is -0.310 e. The van der Waals surface area contributed by atoms with Crippen molar-refractivity contribution in [2.45, 2.75) is 0 Å². The van der Waals surface area contributed by atoms with Crippen LogP contribution in [0.3, 0.4) is 0 Å². The second-order valence-corrected chi connectivity index (χ2v) is 11.6. The van der Waals surface area contributed by atoms with E-state index in [4.69, 9.17) is 0 Å². The molecule has 0 atom stereocenters. The molecule has 1 heterocycles. The lowest BCUT2D eigenvalue weighted by atomic mass is 10.0. The van der Waals surface area contributed by atoms with Gasteiger partial charge in [-0.3, -0.25) is 0 Å². The molecule has 42 heavy (non-hydrogen) atoms. The predicted octanol–water partition coefficient (Wildman–Crippen LogP) is 12.0. The van der Waals surface area contributed by atoms with E-state index in [1.165, 1.54) is 58.9 Å². The molecule has 0 aliphatic rings. The lowest BCUT2D eigenvalue weighted by molar-refractivity contribution is 1.30. The maximum absolute atomic E-state index is 2.41. The molecular formula is C40H27NS. The van der Waals surface area contributed by atoms with Crippen LogP contribution in [-0.2, 0) is 0 Å². The van der Waals surface area contributed by atoms with Crippen LogP contribution in [0.1, 0.15) is 0 Å². The molecule has 0 fully saturated rings. The van der Waals surface area contributed by atoms with Crippen LogP contribution in [0.4, 0.5) is 17.1 Å². The van der Waals surface area contributed by atoms with E-state index >= 15 is 0 Å². The van der Waals surface area contributed by atoms with Gasteiger partial charge in [-0.15, -0.1) is 11.3 Å². The molecule has 1 aromatic heterocycles. The second-order valence-electron chi connectivity index (χ2n) is 10.6. The standard InChI is InChI=1S/C40H27NS/c1-3-11-28(12-4-1)30-21-23-32(24-22-30)41(33-16-9-15-31(27-33)29-13-5-2-6-14-29)38-19-10-18-36-34(38)25-26-37-35-17-7-8-20-39(35)42-40(36)37/h1-27H. The summed E-state index contributed by atoms with van der Waals surface area (Å²) in [5.74, 6) is 0. The van der Waals surface area contributed by atoms with Crippen molar-refractivity contribution in [3.05, 3.63) is 164 Å². The Balaban J connectivity index is 1.34. The van der Waals surface area contributed by atoms with Crippen molar-refractivity contribution in [1.82, 2.24) is 0 Å². The monoisotopic (exact) mass is 553 g/mol. The van der Waals surface area contributed by atoms with Gasteiger partial charge in [-0.1, -0.05) is 127 Å². The molecule has 1 nitrogen and oxygen atoms in total. The van der Waals surface area contributed by atoms with Crippen molar-refractivity contribution in [3.63, 3.8) is 0 Å². The van der Waals surface area contributed by atoms with Gasteiger partial charge in [0.1, 0.15) is 0 Å². The summed E-state index contributed by atoms with van der Waals surface area (Å²) >= 11 is 1.88. The molecule has 0 amide bonds. The van der Waals surface area contributed by atoms with Crippen molar-refractivity contribution >= 4 is 59.3 Å². The van der Waals surface area contributed by atoms with E-state index in [0.29, 0.717) is 0 Å². The van der Waals surface area contributed by atoms with E-state index < -0.39 is 0 Å². The van der Waals surface area contributed by atoms with Gasteiger partial charge in [-0.05, 0) is 58.7 Å². The van der Waals surface area contributed by atoms with Crippen molar-refractivity contribution in [2.24, 2.45) is 0 Å². The fraction of sp³-hybridized carbons (Fsp3) is 0. The van der Waals surface area contributed by atoms with E-state index in [-0.39, 0.29) is 0 Å². The van der Waals surface area contributed by atoms with Crippen LogP contribution in [0, 0.1) is 0 Å². The van der Waals surface area contributed by atoms with Crippen LogP contribution in [-0.4, -0.2) is 0 Å². The Labute approximate surface area is 249 Å². The number of hydrogen-bond donors (Lipinski definition) is 0. The first-order valence-corrected chi connectivity index (χ1v) is 15.1. The van der Waals surface area contributed by atoms with Gasteiger partial charge in [0.15, 0.2) is 0 Å². The molecule has 0 bridgehead atoms. The summed E-state index contributed by atoms with van der Waals surface area (Å²) in [6, 6.07) is 59.1. The highest BCUT2D eigenvalue weighted by atomic mass is 32.1. The fourth-order valence-electron chi connectivity index (χ4n) is 6.03. The molecule has 7 aromatic carbocycles. The van der Waals surface area contributed by atoms with Crippen LogP contribution < -0.4 is 4.90 Å². The van der Waals surface area contributed by atoms with Gasteiger partial charge < -0.3 is 4.90 Å². The third kappa shape index (κ3) is 4.25. The molecule has 198 valence electrons. The number of nitrogens with zero attached hydrogens (tertiary/aromatic N) is 1.